The Bertz CT molecular complexity index is 839. The van der Waals surface area contributed by atoms with Gasteiger partial charge in [-0.3, -0.25) is 9.59 Å². The number of carbonyl (C=O) groups excluding carboxylic acids is 2. The molecular formula is C20H28F3N5O5. The Morgan fingerprint density at radius 1 is 1.24 bits per heavy atom. The first kappa shape index (κ1) is 26.3. The summed E-state index contributed by atoms with van der Waals surface area (Å²) in [7, 11) is 5.13. The molecule has 0 spiro atoms. The van der Waals surface area contributed by atoms with Crippen LogP contribution in [0.15, 0.2) is 18.5 Å². The summed E-state index contributed by atoms with van der Waals surface area (Å²) in [6.07, 6.45) is -0.0967. The van der Waals surface area contributed by atoms with E-state index in [9.17, 15) is 22.8 Å². The predicted octanol–water partition coefficient (Wildman–Crippen LogP) is 0.890. The summed E-state index contributed by atoms with van der Waals surface area (Å²) in [4.78, 5) is 48.7. The largest absolute Gasteiger partial charge is 0.490 e. The van der Waals surface area contributed by atoms with Crippen LogP contribution >= 0.6 is 0 Å². The Balaban J connectivity index is 0.000000479. The summed E-state index contributed by atoms with van der Waals surface area (Å²) < 4.78 is 36.7. The highest BCUT2D eigenvalue weighted by atomic mass is 19.4. The van der Waals surface area contributed by atoms with Crippen LogP contribution in [0, 0.1) is 11.3 Å². The van der Waals surface area contributed by atoms with Crippen LogP contribution in [0.5, 0.6) is 0 Å². The molecule has 33 heavy (non-hydrogen) atoms. The molecule has 2 atom stereocenters. The molecule has 2 amide bonds. The summed E-state index contributed by atoms with van der Waals surface area (Å²) >= 11 is 0. The molecule has 10 nitrogen and oxygen atoms in total. The van der Waals surface area contributed by atoms with Crippen LogP contribution in [0.1, 0.15) is 12.8 Å². The molecule has 0 bridgehead atoms. The van der Waals surface area contributed by atoms with Gasteiger partial charge in [0.1, 0.15) is 6.61 Å². The summed E-state index contributed by atoms with van der Waals surface area (Å²) in [6.45, 7) is 2.56. The standard InChI is InChI=1S/C18H27N5O3.C2HF3O2/c1-21(2)16(25)18-6-4-9-22(15(24)12-26-3)10-14(18)11-23(13-18)17-19-7-5-8-20-17;3-2(4,5)1(6)7/h5,7-8,14H,4,6,9-13H2,1-3H3;(H,6,7)/t14-,18-;/m0./s1. The molecule has 1 aromatic rings. The number of aliphatic carboxylic acids is 1. The van der Waals surface area contributed by atoms with Gasteiger partial charge in [0, 0.05) is 65.7 Å². The van der Waals surface area contributed by atoms with Gasteiger partial charge in [-0.25, -0.2) is 14.8 Å². The smallest absolute Gasteiger partial charge is 0.475 e. The Morgan fingerprint density at radius 3 is 2.36 bits per heavy atom. The number of ether oxygens (including phenoxy) is 1. The molecule has 0 radical (unpaired) electrons. The molecule has 2 aliphatic heterocycles. The minimum Gasteiger partial charge on any atom is -0.475 e. The van der Waals surface area contributed by atoms with Crippen molar-refractivity contribution in [3.8, 4) is 0 Å². The average molecular weight is 475 g/mol. The summed E-state index contributed by atoms with van der Waals surface area (Å²) in [5, 5.41) is 7.12. The number of aromatic nitrogens is 2. The van der Waals surface area contributed by atoms with E-state index in [1.54, 1.807) is 37.5 Å². The zero-order valence-electron chi connectivity index (χ0n) is 18.7. The third-order valence-electron chi connectivity index (χ3n) is 5.72. The molecule has 1 aromatic heterocycles. The van der Waals surface area contributed by atoms with Crippen molar-refractivity contribution in [3.63, 3.8) is 0 Å². The number of carboxylic acid groups (broad SMARTS) is 1. The molecule has 0 unspecified atom stereocenters. The number of carboxylic acids is 1. The SMILES string of the molecule is COCC(=O)N1CCC[C@]2(C(=O)N(C)C)CN(c3ncccn3)C[C@@H]2C1.O=C(O)C(F)(F)F. The number of carbonyl (C=O) groups is 3. The Labute approximate surface area is 189 Å². The van der Waals surface area contributed by atoms with Crippen LogP contribution in [-0.4, -0.2) is 103 Å². The van der Waals surface area contributed by atoms with E-state index in [2.05, 4.69) is 14.9 Å². The monoisotopic (exact) mass is 475 g/mol. The zero-order chi connectivity index (χ0) is 24.8. The summed E-state index contributed by atoms with van der Waals surface area (Å²) in [6, 6.07) is 1.78. The fourth-order valence-electron chi connectivity index (χ4n) is 4.28. The number of fused-ring (bicyclic) bond motifs is 1. The van der Waals surface area contributed by atoms with E-state index in [1.165, 1.54) is 7.11 Å². The van der Waals surface area contributed by atoms with Crippen molar-refractivity contribution in [2.45, 2.75) is 19.0 Å². The van der Waals surface area contributed by atoms with Crippen molar-refractivity contribution in [1.29, 1.82) is 0 Å². The maximum Gasteiger partial charge on any atom is 0.490 e. The van der Waals surface area contributed by atoms with Gasteiger partial charge in [-0.2, -0.15) is 13.2 Å². The van der Waals surface area contributed by atoms with E-state index < -0.39 is 17.6 Å². The van der Waals surface area contributed by atoms with Gasteiger partial charge in [0.05, 0.1) is 5.41 Å². The Hall–Kier alpha value is -2.96. The second-order valence-electron chi connectivity index (χ2n) is 8.16. The molecule has 184 valence electrons. The van der Waals surface area contributed by atoms with Gasteiger partial charge in [0.25, 0.3) is 0 Å². The number of methoxy groups -OCH3 is 1. The van der Waals surface area contributed by atoms with E-state index in [0.717, 1.165) is 12.8 Å². The molecule has 2 fully saturated rings. The Morgan fingerprint density at radius 2 is 1.85 bits per heavy atom. The second kappa shape index (κ2) is 10.8. The highest BCUT2D eigenvalue weighted by Gasteiger charge is 2.54. The van der Waals surface area contributed by atoms with Crippen molar-refractivity contribution in [2.24, 2.45) is 11.3 Å². The molecule has 13 heteroatoms. The van der Waals surface area contributed by atoms with Crippen LogP contribution < -0.4 is 4.90 Å². The lowest BCUT2D eigenvalue weighted by Gasteiger charge is -2.34. The van der Waals surface area contributed by atoms with E-state index in [0.29, 0.717) is 32.1 Å². The number of amides is 2. The first-order chi connectivity index (χ1) is 15.4. The average Bonchev–Trinajstić information content (AvgIpc) is 3.02. The Kier molecular flexibility index (Phi) is 8.58. The zero-order valence-corrected chi connectivity index (χ0v) is 18.7. The third-order valence-corrected chi connectivity index (χ3v) is 5.72. The number of nitrogens with zero attached hydrogens (tertiary/aromatic N) is 5. The van der Waals surface area contributed by atoms with Crippen LogP contribution in [0.3, 0.4) is 0 Å². The van der Waals surface area contributed by atoms with Crippen LogP contribution in [0.25, 0.3) is 0 Å². The topological polar surface area (TPSA) is 116 Å². The minimum absolute atomic E-state index is 0.0185. The number of alkyl halides is 3. The molecule has 0 aromatic carbocycles. The fourth-order valence-corrected chi connectivity index (χ4v) is 4.28. The molecule has 1 N–H and O–H groups in total. The predicted molar refractivity (Wildman–Crippen MR) is 110 cm³/mol. The lowest BCUT2D eigenvalue weighted by molar-refractivity contribution is -0.192. The number of likely N-dealkylation sites (tertiary alicyclic amines) is 1. The molecule has 0 aliphatic carbocycles. The molecular weight excluding hydrogens is 447 g/mol. The quantitative estimate of drug-likeness (QED) is 0.683. The summed E-state index contributed by atoms with van der Waals surface area (Å²) in [5.41, 5.74) is -0.509. The van der Waals surface area contributed by atoms with Gasteiger partial charge in [-0.05, 0) is 18.9 Å². The lowest BCUT2D eigenvalue weighted by Crippen LogP contribution is -2.48. The van der Waals surface area contributed by atoms with E-state index in [4.69, 9.17) is 14.6 Å². The van der Waals surface area contributed by atoms with Crippen LogP contribution in [0.2, 0.25) is 0 Å². The van der Waals surface area contributed by atoms with Gasteiger partial charge in [-0.15, -0.1) is 0 Å². The number of hydrogen-bond donors (Lipinski definition) is 1. The van der Waals surface area contributed by atoms with Crippen molar-refractivity contribution >= 4 is 23.7 Å². The molecule has 3 heterocycles. The van der Waals surface area contributed by atoms with E-state index in [-0.39, 0.29) is 24.3 Å². The van der Waals surface area contributed by atoms with Crippen LogP contribution in [-0.2, 0) is 19.1 Å². The van der Waals surface area contributed by atoms with Gasteiger partial charge < -0.3 is 24.5 Å². The maximum absolute atomic E-state index is 13.2. The molecule has 2 saturated heterocycles. The normalized spacial score (nSPS) is 22.5. The molecule has 3 rings (SSSR count). The number of anilines is 1. The van der Waals surface area contributed by atoms with Gasteiger partial charge in [0.15, 0.2) is 0 Å². The first-order valence-electron chi connectivity index (χ1n) is 10.2. The number of rotatable bonds is 4. The number of halogens is 3. The van der Waals surface area contributed by atoms with Crippen molar-refractivity contribution in [2.75, 3.05) is 58.9 Å². The second-order valence-corrected chi connectivity index (χ2v) is 8.16. The van der Waals surface area contributed by atoms with Crippen molar-refractivity contribution in [3.05, 3.63) is 18.5 Å². The van der Waals surface area contributed by atoms with Gasteiger partial charge >= 0.3 is 12.1 Å². The van der Waals surface area contributed by atoms with Gasteiger partial charge in [0.2, 0.25) is 17.8 Å². The first-order valence-corrected chi connectivity index (χ1v) is 10.2. The number of hydrogen-bond acceptors (Lipinski definition) is 7. The minimum atomic E-state index is -5.08. The van der Waals surface area contributed by atoms with E-state index in [1.807, 2.05) is 4.90 Å². The summed E-state index contributed by atoms with van der Waals surface area (Å²) in [5.74, 6) is -1.96. The van der Waals surface area contributed by atoms with Crippen molar-refractivity contribution < 1.29 is 37.4 Å². The van der Waals surface area contributed by atoms with Crippen LogP contribution in [0.4, 0.5) is 19.1 Å². The highest BCUT2D eigenvalue weighted by molar-refractivity contribution is 5.85. The molecule has 0 saturated carbocycles. The fraction of sp³-hybridized carbons (Fsp3) is 0.650. The van der Waals surface area contributed by atoms with Crippen molar-refractivity contribution in [1.82, 2.24) is 19.8 Å². The van der Waals surface area contributed by atoms with E-state index >= 15 is 0 Å². The van der Waals surface area contributed by atoms with Gasteiger partial charge in [-0.1, -0.05) is 0 Å². The lowest BCUT2D eigenvalue weighted by atomic mass is 9.74. The highest BCUT2D eigenvalue weighted by Crippen LogP contribution is 2.44. The maximum atomic E-state index is 13.2. The third kappa shape index (κ3) is 6.30. The molecule has 2 aliphatic rings.